The molecule has 2 aromatic carbocycles. The summed E-state index contributed by atoms with van der Waals surface area (Å²) in [5.41, 5.74) is 1.64. The van der Waals surface area contributed by atoms with Gasteiger partial charge in [-0.05, 0) is 30.3 Å². The summed E-state index contributed by atoms with van der Waals surface area (Å²) in [6.45, 7) is 0.742. The van der Waals surface area contributed by atoms with Gasteiger partial charge < -0.3 is 14.8 Å². The fraction of sp³-hybridized carbons (Fsp3) is 0.158. The monoisotopic (exact) mass is 371 g/mol. The van der Waals surface area contributed by atoms with Gasteiger partial charge in [0.05, 0.1) is 23.0 Å². The van der Waals surface area contributed by atoms with Crippen LogP contribution in [0.3, 0.4) is 0 Å². The number of rotatable bonds is 7. The van der Waals surface area contributed by atoms with Crippen molar-refractivity contribution in [2.75, 3.05) is 25.6 Å². The van der Waals surface area contributed by atoms with Crippen LogP contribution in [0.1, 0.15) is 10.5 Å². The second-order valence-corrected chi connectivity index (χ2v) is 5.80. The molecule has 0 saturated carbocycles. The van der Waals surface area contributed by atoms with Crippen LogP contribution >= 0.6 is 11.6 Å². The third-order valence-corrected chi connectivity index (χ3v) is 3.89. The van der Waals surface area contributed by atoms with E-state index in [-0.39, 0.29) is 11.6 Å². The molecule has 0 unspecified atom stereocenters. The van der Waals surface area contributed by atoms with E-state index in [2.05, 4.69) is 10.4 Å². The highest BCUT2D eigenvalue weighted by Gasteiger charge is 2.15. The summed E-state index contributed by atoms with van der Waals surface area (Å²) >= 11 is 6.19. The summed E-state index contributed by atoms with van der Waals surface area (Å²) < 4.78 is 12.2. The molecule has 1 N–H and O–H groups in total. The van der Waals surface area contributed by atoms with Crippen LogP contribution in [-0.2, 0) is 4.74 Å². The molecule has 3 rings (SSSR count). The number of halogens is 1. The molecule has 3 aromatic rings. The average Bonchev–Trinajstić information content (AvgIpc) is 3.15. The first-order chi connectivity index (χ1) is 12.7. The number of para-hydroxylation sites is 2. The number of nitrogens with zero attached hydrogens (tertiary/aromatic N) is 2. The topological polar surface area (TPSA) is 65.4 Å². The Morgan fingerprint density at radius 2 is 1.92 bits per heavy atom. The highest BCUT2D eigenvalue weighted by Crippen LogP contribution is 2.33. The SMILES string of the molecule is COCCOc1c(Cl)cccc1NC(=O)c1ccn(-c2ccccc2)n1. The van der Waals surface area contributed by atoms with Gasteiger partial charge in [-0.2, -0.15) is 5.10 Å². The van der Waals surface area contributed by atoms with E-state index >= 15 is 0 Å². The lowest BCUT2D eigenvalue weighted by atomic mass is 10.2. The van der Waals surface area contributed by atoms with Crippen LogP contribution in [0.15, 0.2) is 60.8 Å². The smallest absolute Gasteiger partial charge is 0.276 e. The number of benzene rings is 2. The maximum Gasteiger partial charge on any atom is 0.276 e. The predicted molar refractivity (Wildman–Crippen MR) is 100 cm³/mol. The highest BCUT2D eigenvalue weighted by molar-refractivity contribution is 6.32. The van der Waals surface area contributed by atoms with Crippen molar-refractivity contribution < 1.29 is 14.3 Å². The van der Waals surface area contributed by atoms with E-state index in [1.807, 2.05) is 30.3 Å². The lowest BCUT2D eigenvalue weighted by Crippen LogP contribution is -2.15. The standard InChI is InChI=1S/C19H18ClN3O3/c1-25-12-13-26-18-15(20)8-5-9-16(18)21-19(24)17-10-11-23(22-17)14-6-3-2-4-7-14/h2-11H,12-13H2,1H3,(H,21,24). The van der Waals surface area contributed by atoms with E-state index in [0.29, 0.717) is 29.7 Å². The average molecular weight is 372 g/mol. The zero-order chi connectivity index (χ0) is 18.4. The van der Waals surface area contributed by atoms with Crippen molar-refractivity contribution in [1.82, 2.24) is 9.78 Å². The van der Waals surface area contributed by atoms with Crippen molar-refractivity contribution in [3.63, 3.8) is 0 Å². The van der Waals surface area contributed by atoms with Gasteiger partial charge >= 0.3 is 0 Å². The van der Waals surface area contributed by atoms with Gasteiger partial charge in [0, 0.05) is 13.3 Å². The predicted octanol–water partition coefficient (Wildman–Crippen LogP) is 3.80. The molecule has 0 bridgehead atoms. The Morgan fingerprint density at radius 3 is 2.69 bits per heavy atom. The summed E-state index contributed by atoms with van der Waals surface area (Å²) in [5, 5.41) is 7.52. The number of anilines is 1. The lowest BCUT2D eigenvalue weighted by molar-refractivity contribution is 0.102. The number of aromatic nitrogens is 2. The summed E-state index contributed by atoms with van der Waals surface area (Å²) in [4.78, 5) is 12.5. The summed E-state index contributed by atoms with van der Waals surface area (Å²) in [7, 11) is 1.59. The summed E-state index contributed by atoms with van der Waals surface area (Å²) in [6.07, 6.45) is 1.73. The number of carbonyl (C=O) groups excluding carboxylic acids is 1. The minimum absolute atomic E-state index is 0.289. The molecule has 0 fully saturated rings. The minimum Gasteiger partial charge on any atom is -0.487 e. The number of hydrogen-bond donors (Lipinski definition) is 1. The van der Waals surface area contributed by atoms with Gasteiger partial charge in [-0.3, -0.25) is 4.79 Å². The number of methoxy groups -OCH3 is 1. The number of amides is 1. The van der Waals surface area contributed by atoms with Crippen molar-refractivity contribution in [3.05, 3.63) is 71.5 Å². The van der Waals surface area contributed by atoms with Crippen LogP contribution in [-0.4, -0.2) is 36.0 Å². The normalized spacial score (nSPS) is 10.5. The zero-order valence-electron chi connectivity index (χ0n) is 14.2. The largest absolute Gasteiger partial charge is 0.487 e. The van der Waals surface area contributed by atoms with Crippen molar-refractivity contribution in [2.24, 2.45) is 0 Å². The molecule has 1 amide bonds. The van der Waals surface area contributed by atoms with Gasteiger partial charge in [0.1, 0.15) is 6.61 Å². The molecular weight excluding hydrogens is 354 g/mol. The maximum absolute atomic E-state index is 12.5. The molecule has 26 heavy (non-hydrogen) atoms. The first-order valence-electron chi connectivity index (χ1n) is 8.01. The Morgan fingerprint density at radius 1 is 1.12 bits per heavy atom. The highest BCUT2D eigenvalue weighted by atomic mass is 35.5. The van der Waals surface area contributed by atoms with Gasteiger partial charge in [0.15, 0.2) is 11.4 Å². The van der Waals surface area contributed by atoms with E-state index in [9.17, 15) is 4.79 Å². The quantitative estimate of drug-likeness (QED) is 0.641. The molecule has 0 aliphatic heterocycles. The lowest BCUT2D eigenvalue weighted by Gasteiger charge is -2.13. The second kappa shape index (κ2) is 8.51. The van der Waals surface area contributed by atoms with E-state index in [1.165, 1.54) is 0 Å². The maximum atomic E-state index is 12.5. The Balaban J connectivity index is 1.76. The van der Waals surface area contributed by atoms with Crippen LogP contribution in [0.2, 0.25) is 5.02 Å². The summed E-state index contributed by atoms with van der Waals surface area (Å²) in [6, 6.07) is 16.4. The third-order valence-electron chi connectivity index (χ3n) is 3.59. The van der Waals surface area contributed by atoms with Crippen LogP contribution in [0.4, 0.5) is 5.69 Å². The summed E-state index contributed by atoms with van der Waals surface area (Å²) in [5.74, 6) is 0.0561. The molecule has 1 aromatic heterocycles. The molecule has 0 spiro atoms. The fourth-order valence-corrected chi connectivity index (χ4v) is 2.57. The molecule has 0 aliphatic rings. The van der Waals surface area contributed by atoms with Crippen LogP contribution in [0, 0.1) is 0 Å². The van der Waals surface area contributed by atoms with Gasteiger partial charge in [-0.15, -0.1) is 0 Å². The Kier molecular flexibility index (Phi) is 5.88. The number of hydrogen-bond acceptors (Lipinski definition) is 4. The second-order valence-electron chi connectivity index (χ2n) is 5.39. The number of ether oxygens (including phenoxy) is 2. The molecule has 0 radical (unpaired) electrons. The Hall–Kier alpha value is -2.83. The van der Waals surface area contributed by atoms with E-state index in [0.717, 1.165) is 5.69 Å². The molecule has 134 valence electrons. The van der Waals surface area contributed by atoms with Crippen LogP contribution in [0.5, 0.6) is 5.75 Å². The molecular formula is C19H18ClN3O3. The third kappa shape index (κ3) is 4.22. The van der Waals surface area contributed by atoms with Gasteiger partial charge in [0.2, 0.25) is 0 Å². The van der Waals surface area contributed by atoms with Gasteiger partial charge in [-0.1, -0.05) is 35.9 Å². The Bertz CT molecular complexity index is 881. The van der Waals surface area contributed by atoms with Gasteiger partial charge in [-0.25, -0.2) is 4.68 Å². The van der Waals surface area contributed by atoms with Crippen molar-refractivity contribution in [2.45, 2.75) is 0 Å². The van der Waals surface area contributed by atoms with Crippen molar-refractivity contribution >= 4 is 23.2 Å². The zero-order valence-corrected chi connectivity index (χ0v) is 14.9. The minimum atomic E-state index is -0.349. The molecule has 0 aliphatic carbocycles. The first kappa shape index (κ1) is 18.0. The molecule has 6 nitrogen and oxygen atoms in total. The first-order valence-corrected chi connectivity index (χ1v) is 8.39. The molecule has 1 heterocycles. The van der Waals surface area contributed by atoms with E-state index in [1.54, 1.807) is 42.3 Å². The number of carbonyl (C=O) groups is 1. The van der Waals surface area contributed by atoms with Crippen LogP contribution in [0.25, 0.3) is 5.69 Å². The van der Waals surface area contributed by atoms with E-state index in [4.69, 9.17) is 21.1 Å². The van der Waals surface area contributed by atoms with E-state index < -0.39 is 0 Å². The molecule has 0 atom stereocenters. The van der Waals surface area contributed by atoms with Crippen molar-refractivity contribution in [3.8, 4) is 11.4 Å². The fourth-order valence-electron chi connectivity index (χ4n) is 2.34. The van der Waals surface area contributed by atoms with Crippen molar-refractivity contribution in [1.29, 1.82) is 0 Å². The van der Waals surface area contributed by atoms with Crippen LogP contribution < -0.4 is 10.1 Å². The molecule has 0 saturated heterocycles. The number of nitrogens with one attached hydrogen (secondary N) is 1. The van der Waals surface area contributed by atoms with Gasteiger partial charge in [0.25, 0.3) is 5.91 Å². The Labute approximate surface area is 156 Å². The molecule has 7 heteroatoms.